The van der Waals surface area contributed by atoms with Crippen LogP contribution in [0.3, 0.4) is 0 Å². The molecule has 2 fully saturated rings. The second-order valence-corrected chi connectivity index (χ2v) is 5.82. The van der Waals surface area contributed by atoms with Crippen molar-refractivity contribution in [3.05, 3.63) is 18.0 Å². The van der Waals surface area contributed by atoms with Crippen LogP contribution in [-0.4, -0.2) is 21.0 Å². The summed E-state index contributed by atoms with van der Waals surface area (Å²) in [7, 11) is 1.94. The monoisotopic (exact) mass is 234 g/mol. The molecule has 3 heteroatoms. The van der Waals surface area contributed by atoms with Crippen LogP contribution in [0.4, 0.5) is 0 Å². The minimum atomic E-state index is -0.0803. The highest BCUT2D eigenvalue weighted by Gasteiger charge is 2.53. The lowest BCUT2D eigenvalue weighted by molar-refractivity contribution is 0.131. The van der Waals surface area contributed by atoms with Gasteiger partial charge >= 0.3 is 0 Å². The van der Waals surface area contributed by atoms with Gasteiger partial charge in [-0.3, -0.25) is 4.68 Å². The Bertz CT molecular complexity index is 375. The van der Waals surface area contributed by atoms with E-state index in [-0.39, 0.29) is 6.10 Å². The molecule has 2 aliphatic carbocycles. The number of hydrogen-bond acceptors (Lipinski definition) is 2. The predicted molar refractivity (Wildman–Crippen MR) is 66.5 cm³/mol. The first-order chi connectivity index (χ1) is 8.25. The van der Waals surface area contributed by atoms with Crippen molar-refractivity contribution in [2.75, 3.05) is 0 Å². The third-order valence-corrected chi connectivity index (χ3v) is 4.65. The number of aryl methyl sites for hydroxylation is 2. The van der Waals surface area contributed by atoms with Crippen LogP contribution in [0.5, 0.6) is 0 Å². The molecule has 0 spiro atoms. The van der Waals surface area contributed by atoms with Crippen molar-refractivity contribution in [1.82, 2.24) is 9.78 Å². The smallest absolute Gasteiger partial charge is 0.0577 e. The molecule has 2 saturated carbocycles. The molecule has 17 heavy (non-hydrogen) atoms. The van der Waals surface area contributed by atoms with Gasteiger partial charge in [-0.15, -0.1) is 0 Å². The third-order valence-electron chi connectivity index (χ3n) is 4.65. The number of aliphatic hydroxyl groups is 1. The lowest BCUT2D eigenvalue weighted by atomic mass is 10.0. The van der Waals surface area contributed by atoms with E-state index in [1.54, 1.807) is 0 Å². The SMILES string of the molecule is Cn1cc(CCC(O)C2C3CCCCC32)cn1. The van der Waals surface area contributed by atoms with Crippen LogP contribution in [0.1, 0.15) is 37.7 Å². The van der Waals surface area contributed by atoms with E-state index in [4.69, 9.17) is 0 Å². The lowest BCUT2D eigenvalue weighted by Gasteiger charge is -2.09. The van der Waals surface area contributed by atoms with Crippen LogP contribution in [0.25, 0.3) is 0 Å². The van der Waals surface area contributed by atoms with Crippen molar-refractivity contribution < 1.29 is 5.11 Å². The summed E-state index contributed by atoms with van der Waals surface area (Å²) in [6, 6.07) is 0. The molecule has 0 aliphatic heterocycles. The van der Waals surface area contributed by atoms with Crippen molar-refractivity contribution in [3.8, 4) is 0 Å². The van der Waals surface area contributed by atoms with Gasteiger partial charge in [-0.25, -0.2) is 0 Å². The van der Waals surface area contributed by atoms with E-state index >= 15 is 0 Å². The van der Waals surface area contributed by atoms with Crippen LogP contribution >= 0.6 is 0 Å². The summed E-state index contributed by atoms with van der Waals surface area (Å²) in [5, 5.41) is 14.4. The fraction of sp³-hybridized carbons (Fsp3) is 0.786. The summed E-state index contributed by atoms with van der Waals surface area (Å²) in [6.45, 7) is 0. The second-order valence-electron chi connectivity index (χ2n) is 5.82. The van der Waals surface area contributed by atoms with E-state index in [9.17, 15) is 5.11 Å². The van der Waals surface area contributed by atoms with E-state index in [2.05, 4.69) is 5.10 Å². The minimum absolute atomic E-state index is 0.0803. The molecular formula is C14H22N2O. The van der Waals surface area contributed by atoms with E-state index in [0.717, 1.165) is 24.7 Å². The predicted octanol–water partition coefficient (Wildman–Crippen LogP) is 2.15. The molecule has 0 bridgehead atoms. The van der Waals surface area contributed by atoms with Gasteiger partial charge in [-0.1, -0.05) is 12.8 Å². The second kappa shape index (κ2) is 4.45. The van der Waals surface area contributed by atoms with E-state index in [1.165, 1.54) is 31.2 Å². The van der Waals surface area contributed by atoms with Gasteiger partial charge in [0.15, 0.2) is 0 Å². The van der Waals surface area contributed by atoms with Crippen LogP contribution in [0.2, 0.25) is 0 Å². The van der Waals surface area contributed by atoms with Gasteiger partial charge in [0.1, 0.15) is 0 Å². The Hall–Kier alpha value is -0.830. The first-order valence-corrected chi connectivity index (χ1v) is 6.91. The molecule has 0 aromatic carbocycles. The van der Waals surface area contributed by atoms with E-state index in [1.807, 2.05) is 24.1 Å². The molecule has 94 valence electrons. The fourth-order valence-electron chi connectivity index (χ4n) is 3.73. The Morgan fingerprint density at radius 2 is 2.12 bits per heavy atom. The fourth-order valence-corrected chi connectivity index (χ4v) is 3.73. The quantitative estimate of drug-likeness (QED) is 0.867. The minimum Gasteiger partial charge on any atom is -0.393 e. The Morgan fingerprint density at radius 3 is 2.71 bits per heavy atom. The van der Waals surface area contributed by atoms with Crippen molar-refractivity contribution in [2.45, 2.75) is 44.6 Å². The first-order valence-electron chi connectivity index (χ1n) is 6.91. The summed E-state index contributed by atoms with van der Waals surface area (Å²) in [5.41, 5.74) is 1.25. The summed E-state index contributed by atoms with van der Waals surface area (Å²) >= 11 is 0. The number of fused-ring (bicyclic) bond motifs is 1. The molecule has 0 radical (unpaired) electrons. The Kier molecular flexibility index (Phi) is 2.95. The van der Waals surface area contributed by atoms with Gasteiger partial charge in [0.2, 0.25) is 0 Å². The number of hydrogen-bond donors (Lipinski definition) is 1. The molecule has 0 saturated heterocycles. The van der Waals surface area contributed by atoms with E-state index in [0.29, 0.717) is 5.92 Å². The summed E-state index contributed by atoms with van der Waals surface area (Å²) in [6.07, 6.45) is 11.2. The molecule has 1 N–H and O–H groups in total. The average molecular weight is 234 g/mol. The highest BCUT2D eigenvalue weighted by atomic mass is 16.3. The zero-order chi connectivity index (χ0) is 11.8. The van der Waals surface area contributed by atoms with Gasteiger partial charge in [0.05, 0.1) is 12.3 Å². The molecule has 3 rings (SSSR count). The lowest BCUT2D eigenvalue weighted by Crippen LogP contribution is -2.12. The van der Waals surface area contributed by atoms with Gasteiger partial charge < -0.3 is 5.11 Å². The topological polar surface area (TPSA) is 38.0 Å². The van der Waals surface area contributed by atoms with Crippen molar-refractivity contribution >= 4 is 0 Å². The van der Waals surface area contributed by atoms with Crippen LogP contribution in [-0.2, 0) is 13.5 Å². The molecule has 2 aliphatic rings. The number of nitrogens with zero attached hydrogens (tertiary/aromatic N) is 2. The Morgan fingerprint density at radius 1 is 1.41 bits per heavy atom. The number of rotatable bonds is 4. The molecule has 1 heterocycles. The van der Waals surface area contributed by atoms with Crippen molar-refractivity contribution in [1.29, 1.82) is 0 Å². The first kappa shape index (κ1) is 11.3. The van der Waals surface area contributed by atoms with E-state index < -0.39 is 0 Å². The normalized spacial score (nSPS) is 33.2. The van der Waals surface area contributed by atoms with Crippen molar-refractivity contribution in [2.24, 2.45) is 24.8 Å². The summed E-state index contributed by atoms with van der Waals surface area (Å²) in [4.78, 5) is 0. The highest BCUT2D eigenvalue weighted by Crippen LogP contribution is 2.57. The van der Waals surface area contributed by atoms with Gasteiger partial charge in [0.25, 0.3) is 0 Å². The number of aliphatic hydroxyl groups excluding tert-OH is 1. The largest absolute Gasteiger partial charge is 0.393 e. The van der Waals surface area contributed by atoms with Gasteiger partial charge in [-0.2, -0.15) is 5.10 Å². The zero-order valence-electron chi connectivity index (χ0n) is 10.5. The number of aromatic nitrogens is 2. The summed E-state index contributed by atoms with van der Waals surface area (Å²) in [5.74, 6) is 2.33. The highest BCUT2D eigenvalue weighted by molar-refractivity contribution is 5.06. The average Bonchev–Trinajstić information content (AvgIpc) is 2.93. The van der Waals surface area contributed by atoms with Crippen LogP contribution < -0.4 is 0 Å². The van der Waals surface area contributed by atoms with Crippen molar-refractivity contribution in [3.63, 3.8) is 0 Å². The van der Waals surface area contributed by atoms with Crippen LogP contribution in [0.15, 0.2) is 12.4 Å². The molecule has 3 atom stereocenters. The zero-order valence-corrected chi connectivity index (χ0v) is 10.5. The summed E-state index contributed by atoms with van der Waals surface area (Å²) < 4.78 is 1.83. The molecule has 3 unspecified atom stereocenters. The standard InChI is InChI=1S/C14H22N2O/c1-16-9-10(8-15-16)6-7-13(17)14-11-4-2-3-5-12(11)14/h8-9,11-14,17H,2-7H2,1H3. The van der Waals surface area contributed by atoms with Crippen LogP contribution in [0, 0.1) is 17.8 Å². The maximum absolute atomic E-state index is 10.3. The maximum Gasteiger partial charge on any atom is 0.0577 e. The Labute approximate surface area is 103 Å². The van der Waals surface area contributed by atoms with Gasteiger partial charge in [-0.05, 0) is 49.0 Å². The molecule has 3 nitrogen and oxygen atoms in total. The molecule has 1 aromatic rings. The maximum atomic E-state index is 10.3. The molecule has 0 amide bonds. The Balaban J connectivity index is 1.49. The third kappa shape index (κ3) is 2.25. The van der Waals surface area contributed by atoms with Gasteiger partial charge in [0, 0.05) is 13.2 Å². The molecular weight excluding hydrogens is 212 g/mol. The molecule has 1 aromatic heterocycles.